The number of hydroxylamine groups is 2. The first-order valence-electron chi connectivity index (χ1n) is 2.45. The summed E-state index contributed by atoms with van der Waals surface area (Å²) in [6, 6.07) is 0. The van der Waals surface area contributed by atoms with Gasteiger partial charge in [-0.15, -0.1) is 13.2 Å². The Balaban J connectivity index is 3.16. The monoisotopic (exact) mass is 112 g/mol. The summed E-state index contributed by atoms with van der Waals surface area (Å²) in [5.74, 6) is 0. The topological polar surface area (TPSA) is 26.3 Å². The zero-order chi connectivity index (χ0) is 6.41. The second-order valence-electron chi connectivity index (χ2n) is 1.42. The first-order valence-corrected chi connectivity index (χ1v) is 2.45. The smallest absolute Gasteiger partial charge is 0.00416 e. The van der Waals surface area contributed by atoms with Gasteiger partial charge in [-0.05, 0) is 0 Å². The molecular weight excluding hydrogens is 102 g/mol. The third kappa shape index (κ3) is 3.59. The Morgan fingerprint density at radius 3 is 1.88 bits per heavy atom. The molecule has 0 aliphatic heterocycles. The summed E-state index contributed by atoms with van der Waals surface area (Å²) >= 11 is 0. The highest BCUT2D eigenvalue weighted by Crippen LogP contribution is 1.81. The molecule has 0 saturated heterocycles. The van der Waals surface area contributed by atoms with Crippen molar-refractivity contribution in [1.29, 1.82) is 0 Å². The highest BCUT2D eigenvalue weighted by atomic mass is 16.5. The van der Waals surface area contributed by atoms with E-state index in [4.69, 9.17) is 0 Å². The van der Waals surface area contributed by atoms with Crippen molar-refractivity contribution < 1.29 is 0 Å². The summed E-state index contributed by atoms with van der Waals surface area (Å²) in [6.45, 7) is 7.58. The van der Waals surface area contributed by atoms with E-state index < -0.39 is 0 Å². The first-order chi connectivity index (χ1) is 3.81. The lowest BCUT2D eigenvalue weighted by Gasteiger charge is -2.23. The molecule has 0 aromatic heterocycles. The second-order valence-corrected chi connectivity index (χ2v) is 1.42. The van der Waals surface area contributed by atoms with E-state index >= 15 is 0 Å². The Bertz CT molecular complexity index is 70.6. The Morgan fingerprint density at radius 2 is 1.62 bits per heavy atom. The van der Waals surface area contributed by atoms with Gasteiger partial charge >= 0.3 is 0 Å². The van der Waals surface area contributed by atoms with Crippen LogP contribution in [-0.2, 0) is 0 Å². The molecule has 0 spiro atoms. The van der Waals surface area contributed by atoms with Crippen LogP contribution >= 0.6 is 0 Å². The molecule has 0 aromatic carbocycles. The van der Waals surface area contributed by atoms with Crippen LogP contribution in [0.25, 0.3) is 0 Å². The van der Waals surface area contributed by atoms with Gasteiger partial charge in [0.05, 0.1) is 0 Å². The minimum atomic E-state index is 0.381. The molecule has 0 aromatic rings. The summed E-state index contributed by atoms with van der Waals surface area (Å²) in [6.07, 6.45) is 3.13. The summed E-state index contributed by atoms with van der Waals surface area (Å²) in [7, 11) is 0. The third-order valence-electron chi connectivity index (χ3n) is 0.665. The Morgan fingerprint density at radius 1 is 1.25 bits per heavy atom. The molecule has 0 bridgehead atoms. The minimum Gasteiger partial charge on any atom is -0.785 e. The Hall–Kier alpha value is -0.600. The molecule has 0 unspecified atom stereocenters. The molecule has 0 radical (unpaired) electrons. The fourth-order valence-corrected chi connectivity index (χ4v) is 0.363. The molecule has 8 heavy (non-hydrogen) atoms. The van der Waals surface area contributed by atoms with Crippen molar-refractivity contribution in [2.45, 2.75) is 0 Å². The van der Waals surface area contributed by atoms with Crippen LogP contribution in [0, 0.1) is 5.21 Å². The van der Waals surface area contributed by atoms with Crippen molar-refractivity contribution in [2.75, 3.05) is 13.1 Å². The average Bonchev–Trinajstić information content (AvgIpc) is 1.68. The normalized spacial score (nSPS) is 9.25. The molecule has 0 fully saturated rings. The van der Waals surface area contributed by atoms with Gasteiger partial charge in [0.15, 0.2) is 0 Å². The van der Waals surface area contributed by atoms with E-state index in [1.54, 1.807) is 12.2 Å². The van der Waals surface area contributed by atoms with Crippen LogP contribution < -0.4 is 0 Å². The maximum Gasteiger partial charge on any atom is 0.00416 e. The van der Waals surface area contributed by atoms with E-state index in [0.717, 1.165) is 5.06 Å². The maximum absolute atomic E-state index is 10.4. The standard InChI is InChI=1S/C6H10NO/c1-3-5-7(8)6-4-2/h3-4H,1-2,5-6H2/q-1. The van der Waals surface area contributed by atoms with Gasteiger partial charge in [-0.25, -0.2) is 0 Å². The fraction of sp³-hybridized carbons (Fsp3) is 0.333. The lowest BCUT2D eigenvalue weighted by Crippen LogP contribution is -2.14. The summed E-state index contributed by atoms with van der Waals surface area (Å²) in [5, 5.41) is 11.3. The van der Waals surface area contributed by atoms with E-state index in [9.17, 15) is 5.21 Å². The van der Waals surface area contributed by atoms with Crippen LogP contribution in [-0.4, -0.2) is 18.2 Å². The van der Waals surface area contributed by atoms with Crippen molar-refractivity contribution in [3.63, 3.8) is 0 Å². The van der Waals surface area contributed by atoms with Gasteiger partial charge in [-0.2, -0.15) is 0 Å². The number of rotatable bonds is 4. The minimum absolute atomic E-state index is 0.381. The first kappa shape index (κ1) is 7.40. The van der Waals surface area contributed by atoms with Crippen molar-refractivity contribution in [3.8, 4) is 0 Å². The molecule has 2 nitrogen and oxygen atoms in total. The van der Waals surface area contributed by atoms with Crippen molar-refractivity contribution >= 4 is 0 Å². The van der Waals surface area contributed by atoms with Crippen LogP contribution in [0.3, 0.4) is 0 Å². The number of hydrogen-bond acceptors (Lipinski definition) is 2. The predicted octanol–water partition coefficient (Wildman–Crippen LogP) is 1.16. The average molecular weight is 112 g/mol. The van der Waals surface area contributed by atoms with Crippen LogP contribution in [0.1, 0.15) is 0 Å². The number of nitrogens with zero attached hydrogens (tertiary/aromatic N) is 1. The van der Waals surface area contributed by atoms with Gasteiger partial charge in [-0.3, -0.25) is 0 Å². The van der Waals surface area contributed by atoms with Crippen LogP contribution in [0.4, 0.5) is 0 Å². The zero-order valence-corrected chi connectivity index (χ0v) is 4.84. The van der Waals surface area contributed by atoms with Crippen LogP contribution in [0.5, 0.6) is 0 Å². The van der Waals surface area contributed by atoms with Crippen LogP contribution in [0.2, 0.25) is 0 Å². The zero-order valence-electron chi connectivity index (χ0n) is 4.84. The SMILES string of the molecule is C=CCN([O-])CC=C. The van der Waals surface area contributed by atoms with Gasteiger partial charge < -0.3 is 10.3 Å². The highest BCUT2D eigenvalue weighted by molar-refractivity contribution is 4.79. The van der Waals surface area contributed by atoms with Gasteiger partial charge in [0, 0.05) is 13.1 Å². The molecule has 0 heterocycles. The molecule has 0 amide bonds. The van der Waals surface area contributed by atoms with Crippen LogP contribution in [0.15, 0.2) is 25.3 Å². The fourth-order valence-electron chi connectivity index (χ4n) is 0.363. The predicted molar refractivity (Wildman–Crippen MR) is 35.3 cm³/mol. The van der Waals surface area contributed by atoms with Crippen molar-refractivity contribution in [1.82, 2.24) is 5.06 Å². The summed E-state index contributed by atoms with van der Waals surface area (Å²) in [5.41, 5.74) is 0. The molecule has 0 saturated carbocycles. The highest BCUT2D eigenvalue weighted by Gasteiger charge is 1.78. The largest absolute Gasteiger partial charge is 0.785 e. The van der Waals surface area contributed by atoms with Crippen molar-refractivity contribution in [2.24, 2.45) is 0 Å². The van der Waals surface area contributed by atoms with Crippen molar-refractivity contribution in [3.05, 3.63) is 30.5 Å². The quantitative estimate of drug-likeness (QED) is 0.403. The summed E-state index contributed by atoms with van der Waals surface area (Å²) < 4.78 is 0. The Kier molecular flexibility index (Phi) is 4.21. The number of hydrogen-bond donors (Lipinski definition) is 0. The van der Waals surface area contributed by atoms with E-state index in [-0.39, 0.29) is 0 Å². The van der Waals surface area contributed by atoms with E-state index in [0.29, 0.717) is 13.1 Å². The Labute approximate surface area is 49.7 Å². The van der Waals surface area contributed by atoms with E-state index in [1.165, 1.54) is 0 Å². The molecule has 46 valence electrons. The second kappa shape index (κ2) is 4.56. The van der Waals surface area contributed by atoms with E-state index in [1.807, 2.05) is 0 Å². The molecule has 0 rings (SSSR count). The maximum atomic E-state index is 10.4. The van der Waals surface area contributed by atoms with Gasteiger partial charge in [-0.1, -0.05) is 12.2 Å². The molecule has 0 atom stereocenters. The van der Waals surface area contributed by atoms with Gasteiger partial charge in [0.1, 0.15) is 0 Å². The lowest BCUT2D eigenvalue weighted by atomic mass is 10.5. The molecule has 0 N–H and O–H groups in total. The van der Waals surface area contributed by atoms with Gasteiger partial charge in [0.2, 0.25) is 0 Å². The van der Waals surface area contributed by atoms with E-state index in [2.05, 4.69) is 13.2 Å². The lowest BCUT2D eigenvalue weighted by molar-refractivity contribution is 0.465. The molecule has 0 aliphatic rings. The van der Waals surface area contributed by atoms with Gasteiger partial charge in [0.25, 0.3) is 0 Å². The third-order valence-corrected chi connectivity index (χ3v) is 0.665. The molecule has 0 aliphatic carbocycles. The molecular formula is C6H10NO-. The summed E-state index contributed by atoms with van der Waals surface area (Å²) in [4.78, 5) is 0. The molecule has 2 heteroatoms.